The van der Waals surface area contributed by atoms with Crippen LogP contribution in [0.3, 0.4) is 0 Å². The zero-order valence-electron chi connectivity index (χ0n) is 63.7. The van der Waals surface area contributed by atoms with Gasteiger partial charge in [0.25, 0.3) is 0 Å². The van der Waals surface area contributed by atoms with Gasteiger partial charge in [-0.05, 0) is 269 Å². The van der Waals surface area contributed by atoms with Gasteiger partial charge in [0.05, 0.1) is 0 Å². The van der Waals surface area contributed by atoms with Crippen LogP contribution in [0.25, 0.3) is 0 Å². The third-order valence-electron chi connectivity index (χ3n) is 23.8. The van der Waals surface area contributed by atoms with Crippen LogP contribution in [-0.4, -0.2) is 23.7 Å². The van der Waals surface area contributed by atoms with Crippen molar-refractivity contribution in [1.82, 2.24) is 0 Å². The normalized spacial score (nSPS) is 35.6. The zero-order valence-corrected chi connectivity index (χ0v) is 63.7. The smallest absolute Gasteiger partial charge is 0.108 e. The molecule has 0 N–H and O–H groups in total. The van der Waals surface area contributed by atoms with Crippen molar-refractivity contribution in [3.63, 3.8) is 0 Å². The molecule has 9 saturated carbocycles. The second-order valence-electron chi connectivity index (χ2n) is 39.6. The fourth-order valence-electron chi connectivity index (χ4n) is 15.3. The fourth-order valence-corrected chi connectivity index (χ4v) is 15.3. The predicted molar refractivity (Wildman–Crippen MR) is 373 cm³/mol. The van der Waals surface area contributed by atoms with Crippen LogP contribution in [0.1, 0.15) is 362 Å². The molecule has 9 aliphatic rings. The van der Waals surface area contributed by atoms with Gasteiger partial charge in [0.2, 0.25) is 0 Å². The summed E-state index contributed by atoms with van der Waals surface area (Å²) in [7, 11) is 0. The van der Waals surface area contributed by atoms with E-state index in [2.05, 4.69) is 187 Å². The molecule has 0 spiro atoms. The highest BCUT2D eigenvalue weighted by atomic mass is 19.2. The maximum Gasteiger partial charge on any atom is 0.108 e. The summed E-state index contributed by atoms with van der Waals surface area (Å²) in [5.41, 5.74) is 0.931. The molecule has 0 heterocycles. The summed E-state index contributed by atoms with van der Waals surface area (Å²) >= 11 is 0. The van der Waals surface area contributed by atoms with Crippen molar-refractivity contribution < 1.29 is 17.6 Å². The average molecular weight is 1210 g/mol. The summed E-state index contributed by atoms with van der Waals surface area (Å²) in [6.07, 6.45) is 27.4. The molecule has 5 unspecified atom stereocenters. The molecule has 9 aliphatic carbocycles. The van der Waals surface area contributed by atoms with Crippen molar-refractivity contribution in [2.45, 2.75) is 386 Å². The highest BCUT2D eigenvalue weighted by Gasteiger charge is 2.43. The molecule has 85 heavy (non-hydrogen) atoms. The van der Waals surface area contributed by atoms with Gasteiger partial charge in [-0.25, -0.2) is 17.6 Å². The second kappa shape index (κ2) is 35.1. The van der Waals surface area contributed by atoms with Gasteiger partial charge < -0.3 is 0 Å². The Labute approximate surface area is 534 Å². The Bertz CT molecular complexity index is 1620. The summed E-state index contributed by atoms with van der Waals surface area (Å²) in [4.78, 5) is 0. The van der Waals surface area contributed by atoms with E-state index in [0.29, 0.717) is 73.9 Å². The lowest BCUT2D eigenvalue weighted by Gasteiger charge is -2.41. The highest BCUT2D eigenvalue weighted by molar-refractivity contribution is 4.93. The van der Waals surface area contributed by atoms with E-state index in [0.717, 1.165) is 117 Å². The topological polar surface area (TPSA) is 0 Å². The third kappa shape index (κ3) is 32.7. The van der Waals surface area contributed by atoms with Gasteiger partial charge in [-0.2, -0.15) is 0 Å². The lowest BCUT2D eigenvalue weighted by Crippen LogP contribution is -2.39. The van der Waals surface area contributed by atoms with Gasteiger partial charge in [-0.1, -0.05) is 226 Å². The molecule has 510 valence electrons. The molecule has 0 aliphatic heterocycles. The first-order chi connectivity index (χ1) is 38.2. The Balaban J connectivity index is 0.000000479. The molecular weight excluding hydrogens is 1050 g/mol. The van der Waals surface area contributed by atoms with E-state index in [1.807, 2.05) is 13.8 Å². The first-order valence-corrected chi connectivity index (χ1v) is 36.9. The number of alkyl halides is 4. The lowest BCUT2D eigenvalue weighted by molar-refractivity contribution is 0.00284. The molecule has 0 bridgehead atoms. The number of rotatable bonds is 3. The molecule has 4 heteroatoms. The van der Waals surface area contributed by atoms with Gasteiger partial charge in [0.15, 0.2) is 0 Å². The van der Waals surface area contributed by atoms with Gasteiger partial charge in [-0.15, -0.1) is 0 Å². The number of hydrogen-bond acceptors (Lipinski definition) is 0. The third-order valence-corrected chi connectivity index (χ3v) is 23.8. The molecule has 0 amide bonds. The second-order valence-corrected chi connectivity index (χ2v) is 39.6. The standard InChI is InChI=1S/3C10H19F.C10H20.C9H18.C8H15F.3C8H16/c2*1-7-5-8(6-9(7)11)10(2,3)4;1-9(2,3)8-5-6-10(4,11)7-8;1-8-5-6-9(7-8)10(2,3)4;1-9(2,3)8-6-4-5-7-8;1-6(2)7-4-8(3,9)5-7;2*1-6(2)8-4-7(3)5-8;1-8(2,3)7-5-4-6-7/h2*7-9H,5-6H2,1-4H3;8H,5-7H2,1-4H3;8-9H,5-7H2,1-4H3;8H,4-7H2,1-3H3;6-7H,4-5H2,1-3H3;2*6-8H,4-5H2,1-3H3;7H,4-6H2,1-3H3/t7-,8?,9+;7-,8?,9-;;8-,9?;;;;;/m01.0...../s1. The quantitative estimate of drug-likeness (QED) is 0.247. The minimum atomic E-state index is -0.877. The molecule has 0 aromatic heterocycles. The van der Waals surface area contributed by atoms with Crippen LogP contribution in [0, 0.1) is 133 Å². The minimum Gasteiger partial charge on any atom is -0.247 e. The van der Waals surface area contributed by atoms with Crippen LogP contribution < -0.4 is 0 Å². The Morgan fingerprint density at radius 1 is 0.306 bits per heavy atom. The van der Waals surface area contributed by atoms with E-state index >= 15 is 0 Å². The molecular formula is C81H158F4. The Kier molecular flexibility index (Phi) is 34.2. The monoisotopic (exact) mass is 1210 g/mol. The number of halogens is 4. The van der Waals surface area contributed by atoms with Crippen molar-refractivity contribution in [3.8, 4) is 0 Å². The van der Waals surface area contributed by atoms with E-state index in [4.69, 9.17) is 0 Å². The maximum atomic E-state index is 13.4. The van der Waals surface area contributed by atoms with Crippen LogP contribution >= 0.6 is 0 Å². The summed E-state index contributed by atoms with van der Waals surface area (Å²) in [5, 5.41) is 0. The van der Waals surface area contributed by atoms with Crippen molar-refractivity contribution in [2.24, 2.45) is 133 Å². The summed E-state index contributed by atoms with van der Waals surface area (Å²) in [6, 6.07) is 0. The van der Waals surface area contributed by atoms with Crippen LogP contribution in [-0.2, 0) is 0 Å². The largest absolute Gasteiger partial charge is 0.247 e. The molecule has 9 fully saturated rings. The molecule has 0 aromatic carbocycles. The fraction of sp³-hybridized carbons (Fsp3) is 1.00. The van der Waals surface area contributed by atoms with Crippen LogP contribution in [0.5, 0.6) is 0 Å². The van der Waals surface area contributed by atoms with Crippen LogP contribution in [0.15, 0.2) is 0 Å². The summed E-state index contributed by atoms with van der Waals surface area (Å²) in [6.45, 7) is 69.3. The molecule has 0 saturated heterocycles. The number of hydrogen-bond donors (Lipinski definition) is 0. The zero-order chi connectivity index (χ0) is 66.2. The minimum absolute atomic E-state index is 0.291. The Morgan fingerprint density at radius 2 is 0.624 bits per heavy atom. The summed E-state index contributed by atoms with van der Waals surface area (Å²) < 4.78 is 52.4. The van der Waals surface area contributed by atoms with Crippen molar-refractivity contribution in [2.75, 3.05) is 0 Å². The predicted octanol–water partition coefficient (Wildman–Crippen LogP) is 28.1. The van der Waals surface area contributed by atoms with Gasteiger partial charge >= 0.3 is 0 Å². The van der Waals surface area contributed by atoms with Crippen molar-refractivity contribution in [1.29, 1.82) is 0 Å². The molecule has 0 nitrogen and oxygen atoms in total. The molecule has 0 aromatic rings. The lowest BCUT2D eigenvalue weighted by atomic mass is 9.68. The van der Waals surface area contributed by atoms with E-state index < -0.39 is 23.7 Å². The Hall–Kier alpha value is -0.280. The van der Waals surface area contributed by atoms with E-state index in [-0.39, 0.29) is 0 Å². The van der Waals surface area contributed by atoms with Gasteiger partial charge in [0, 0.05) is 0 Å². The molecule has 9 rings (SSSR count). The Morgan fingerprint density at radius 3 is 0.741 bits per heavy atom. The highest BCUT2D eigenvalue weighted by Crippen LogP contribution is 2.49. The molecule has 0 radical (unpaired) electrons. The van der Waals surface area contributed by atoms with Crippen LogP contribution in [0.2, 0.25) is 0 Å². The first kappa shape index (κ1) is 82.7. The van der Waals surface area contributed by atoms with Gasteiger partial charge in [-0.3, -0.25) is 0 Å². The maximum absolute atomic E-state index is 13.4. The summed E-state index contributed by atoms with van der Waals surface area (Å²) in [5.74, 6) is 13.7. The SMILES string of the molecule is CC(C)(C)C1CCC1.CC(C)(C)C1CCCC1.CC(C)C1CC(C)(F)C1.CC1(F)CCC(C(C)(C)C)C1.CC1CC(C(C)C)C1.CC1CC(C(C)C)C1.C[C@@H]1CC(C(C)(C)C)C[C@H]1F.C[C@H]1CC(C(C)(C)C)C[C@H]1F.C[C@H]1CCC(C(C)(C)C)C1. The van der Waals surface area contributed by atoms with Crippen molar-refractivity contribution in [3.05, 3.63) is 0 Å². The average Bonchev–Trinajstić information content (AvgIpc) is 4.14. The first-order valence-electron chi connectivity index (χ1n) is 36.9. The van der Waals surface area contributed by atoms with E-state index in [9.17, 15) is 17.6 Å². The van der Waals surface area contributed by atoms with E-state index in [1.165, 1.54) is 89.9 Å². The van der Waals surface area contributed by atoms with Crippen molar-refractivity contribution >= 4 is 0 Å². The van der Waals surface area contributed by atoms with E-state index in [1.54, 1.807) is 13.8 Å². The van der Waals surface area contributed by atoms with Gasteiger partial charge in [0.1, 0.15) is 23.7 Å². The van der Waals surface area contributed by atoms with Crippen LogP contribution in [0.4, 0.5) is 17.6 Å². The molecule has 10 atom stereocenters.